The highest BCUT2D eigenvalue weighted by Gasteiger charge is 2.13. The molecule has 0 saturated heterocycles. The Morgan fingerprint density at radius 3 is 2.88 bits per heavy atom. The molecule has 3 heterocycles. The van der Waals surface area contributed by atoms with E-state index in [1.165, 1.54) is 15.9 Å². The predicted octanol–water partition coefficient (Wildman–Crippen LogP) is 0.231. The van der Waals surface area contributed by atoms with E-state index in [-0.39, 0.29) is 5.56 Å². The fraction of sp³-hybridized carbons (Fsp3) is 0.111. The molecule has 0 aliphatic rings. The summed E-state index contributed by atoms with van der Waals surface area (Å²) in [6.45, 7) is 0. The highest BCUT2D eigenvalue weighted by molar-refractivity contribution is 7.25. The van der Waals surface area contributed by atoms with E-state index in [1.54, 1.807) is 19.4 Å². The topological polar surface area (TPSA) is 80.6 Å². The van der Waals surface area contributed by atoms with E-state index in [2.05, 4.69) is 15.0 Å². The minimum atomic E-state index is -0.442. The second-order valence-electron chi connectivity index (χ2n) is 3.31. The highest BCUT2D eigenvalue weighted by Crippen LogP contribution is 2.26. The molecule has 0 aromatic carbocycles. The lowest BCUT2D eigenvalue weighted by atomic mass is 10.4. The molecule has 3 aromatic heterocycles. The van der Waals surface area contributed by atoms with Gasteiger partial charge in [0.2, 0.25) is 0 Å². The Labute approximate surface area is 92.2 Å². The second-order valence-corrected chi connectivity index (χ2v) is 4.31. The van der Waals surface area contributed by atoms with Crippen molar-refractivity contribution in [3.8, 4) is 0 Å². The maximum absolute atomic E-state index is 11.6. The van der Waals surface area contributed by atoms with E-state index < -0.39 is 5.69 Å². The van der Waals surface area contributed by atoms with Crippen LogP contribution in [0.3, 0.4) is 0 Å². The smallest absolute Gasteiger partial charge is 0.293 e. The first kappa shape index (κ1) is 9.22. The van der Waals surface area contributed by atoms with Crippen LogP contribution in [0.15, 0.2) is 22.0 Å². The molecule has 3 aromatic rings. The lowest BCUT2D eigenvalue weighted by Crippen LogP contribution is -2.27. The molecular formula is C9H6N4O2S. The molecule has 7 heteroatoms. The summed E-state index contributed by atoms with van der Waals surface area (Å²) in [6, 6.07) is 0. The molecule has 80 valence electrons. The van der Waals surface area contributed by atoms with E-state index in [0.29, 0.717) is 20.6 Å². The van der Waals surface area contributed by atoms with Gasteiger partial charge < -0.3 is 0 Å². The Morgan fingerprint density at radius 2 is 2.06 bits per heavy atom. The van der Waals surface area contributed by atoms with Gasteiger partial charge in [0.25, 0.3) is 5.56 Å². The van der Waals surface area contributed by atoms with Gasteiger partial charge in [-0.15, -0.1) is 11.3 Å². The number of fused-ring (bicyclic) bond motifs is 3. The standard InChI is InChI=1S/C9H6N4O2S/c1-13-5-4-8(11-3-2-10-4)16-6(5)7(14)12-9(13)15/h2-3H,1H3,(H,12,14,15). The van der Waals surface area contributed by atoms with Gasteiger partial charge in [-0.2, -0.15) is 0 Å². The van der Waals surface area contributed by atoms with Crippen molar-refractivity contribution in [3.05, 3.63) is 33.2 Å². The molecule has 16 heavy (non-hydrogen) atoms. The van der Waals surface area contributed by atoms with Gasteiger partial charge in [-0.3, -0.25) is 14.3 Å². The van der Waals surface area contributed by atoms with E-state index in [4.69, 9.17) is 0 Å². The zero-order valence-corrected chi connectivity index (χ0v) is 9.04. The number of nitrogens with one attached hydrogen (secondary N) is 1. The largest absolute Gasteiger partial charge is 0.328 e. The monoisotopic (exact) mass is 234 g/mol. The summed E-state index contributed by atoms with van der Waals surface area (Å²) < 4.78 is 1.85. The van der Waals surface area contributed by atoms with Gasteiger partial charge in [0.1, 0.15) is 15.0 Å². The van der Waals surface area contributed by atoms with Crippen LogP contribution in [0.2, 0.25) is 0 Å². The van der Waals surface area contributed by atoms with E-state index in [1.807, 2.05) is 0 Å². The average molecular weight is 234 g/mol. The predicted molar refractivity (Wildman–Crippen MR) is 60.8 cm³/mol. The van der Waals surface area contributed by atoms with Gasteiger partial charge in [-0.25, -0.2) is 14.8 Å². The third-order valence-electron chi connectivity index (χ3n) is 2.37. The molecule has 0 unspecified atom stereocenters. The van der Waals surface area contributed by atoms with Gasteiger partial charge >= 0.3 is 5.69 Å². The maximum Gasteiger partial charge on any atom is 0.328 e. The average Bonchev–Trinajstić information content (AvgIpc) is 2.66. The Bertz CT molecular complexity index is 814. The number of aryl methyl sites for hydroxylation is 1. The molecule has 3 rings (SSSR count). The third-order valence-corrected chi connectivity index (χ3v) is 3.44. The van der Waals surface area contributed by atoms with Gasteiger partial charge in [-0.1, -0.05) is 0 Å². The molecule has 0 spiro atoms. The summed E-state index contributed by atoms with van der Waals surface area (Å²) in [4.78, 5) is 34.2. The minimum Gasteiger partial charge on any atom is -0.293 e. The molecule has 0 fully saturated rings. The number of nitrogens with zero attached hydrogens (tertiary/aromatic N) is 3. The molecule has 0 radical (unpaired) electrons. The third kappa shape index (κ3) is 1.06. The molecule has 0 bridgehead atoms. The van der Waals surface area contributed by atoms with Gasteiger partial charge in [-0.05, 0) is 0 Å². The molecule has 1 N–H and O–H groups in total. The van der Waals surface area contributed by atoms with Crippen molar-refractivity contribution in [3.63, 3.8) is 0 Å². The number of aromatic amines is 1. The number of aromatic nitrogens is 4. The Morgan fingerprint density at radius 1 is 1.31 bits per heavy atom. The Kier molecular flexibility index (Phi) is 1.72. The molecule has 0 aliphatic heterocycles. The molecular weight excluding hydrogens is 228 g/mol. The van der Waals surface area contributed by atoms with E-state index in [9.17, 15) is 9.59 Å². The summed E-state index contributed by atoms with van der Waals surface area (Å²) in [5.74, 6) is 0. The quantitative estimate of drug-likeness (QED) is 0.603. The van der Waals surface area contributed by atoms with Crippen molar-refractivity contribution in [2.24, 2.45) is 7.05 Å². The van der Waals surface area contributed by atoms with E-state index >= 15 is 0 Å². The van der Waals surface area contributed by atoms with Crippen LogP contribution in [0.4, 0.5) is 0 Å². The first-order valence-electron chi connectivity index (χ1n) is 4.51. The molecule has 6 nitrogen and oxygen atoms in total. The normalized spacial score (nSPS) is 11.3. The van der Waals surface area contributed by atoms with E-state index in [0.717, 1.165) is 0 Å². The number of H-pyrrole nitrogens is 1. The van der Waals surface area contributed by atoms with Gasteiger partial charge in [0.05, 0.1) is 5.52 Å². The summed E-state index contributed by atoms with van der Waals surface area (Å²) in [5, 5.41) is 0. The van der Waals surface area contributed by atoms with Crippen LogP contribution in [0.1, 0.15) is 0 Å². The van der Waals surface area contributed by atoms with Crippen LogP contribution < -0.4 is 11.2 Å². The fourth-order valence-electron chi connectivity index (χ4n) is 1.62. The maximum atomic E-state index is 11.6. The number of hydrogen-bond donors (Lipinski definition) is 1. The molecule has 0 saturated carbocycles. The van der Waals surface area contributed by atoms with Crippen molar-refractivity contribution in [1.29, 1.82) is 0 Å². The second kappa shape index (κ2) is 2.99. The number of rotatable bonds is 0. The summed E-state index contributed by atoms with van der Waals surface area (Å²) in [5.41, 5.74) is 0.306. The van der Waals surface area contributed by atoms with Gasteiger partial charge in [0, 0.05) is 19.4 Å². The Hall–Kier alpha value is -2.02. The van der Waals surface area contributed by atoms with Crippen LogP contribution >= 0.6 is 11.3 Å². The first-order valence-corrected chi connectivity index (χ1v) is 5.32. The van der Waals surface area contributed by atoms with Crippen molar-refractivity contribution in [2.45, 2.75) is 0 Å². The first-order chi connectivity index (χ1) is 7.68. The zero-order chi connectivity index (χ0) is 11.3. The highest BCUT2D eigenvalue weighted by atomic mass is 32.1. The zero-order valence-electron chi connectivity index (χ0n) is 8.22. The fourth-order valence-corrected chi connectivity index (χ4v) is 2.65. The van der Waals surface area contributed by atoms with Crippen molar-refractivity contribution < 1.29 is 0 Å². The van der Waals surface area contributed by atoms with Crippen LogP contribution in [0.5, 0.6) is 0 Å². The van der Waals surface area contributed by atoms with Crippen molar-refractivity contribution >= 4 is 31.9 Å². The van der Waals surface area contributed by atoms with Crippen LogP contribution in [0.25, 0.3) is 20.6 Å². The lowest BCUT2D eigenvalue weighted by Gasteiger charge is -1.97. The summed E-state index contributed by atoms with van der Waals surface area (Å²) in [6.07, 6.45) is 3.10. The summed E-state index contributed by atoms with van der Waals surface area (Å²) in [7, 11) is 1.60. The summed E-state index contributed by atoms with van der Waals surface area (Å²) >= 11 is 1.23. The number of hydrogen-bond acceptors (Lipinski definition) is 5. The lowest BCUT2D eigenvalue weighted by molar-refractivity contribution is 0.847. The number of thiophene rings is 1. The molecule has 0 atom stereocenters. The minimum absolute atomic E-state index is 0.386. The van der Waals surface area contributed by atoms with Crippen LogP contribution in [0, 0.1) is 0 Å². The molecule has 0 aliphatic carbocycles. The van der Waals surface area contributed by atoms with Crippen molar-refractivity contribution in [1.82, 2.24) is 19.5 Å². The SMILES string of the molecule is Cn1c(=O)[nH]c(=O)c2sc3nccnc3c21. The Balaban J connectivity index is 2.77. The van der Waals surface area contributed by atoms with Crippen molar-refractivity contribution in [2.75, 3.05) is 0 Å². The van der Waals surface area contributed by atoms with Gasteiger partial charge in [0.15, 0.2) is 0 Å². The molecule has 0 amide bonds. The van der Waals surface area contributed by atoms with Crippen LogP contribution in [-0.2, 0) is 7.05 Å². The van der Waals surface area contributed by atoms with Crippen LogP contribution in [-0.4, -0.2) is 19.5 Å².